The predicted molar refractivity (Wildman–Crippen MR) is 94.0 cm³/mol. The zero-order chi connectivity index (χ0) is 14.7. The Kier molecular flexibility index (Phi) is 6.23. The van der Waals surface area contributed by atoms with E-state index in [1.165, 1.54) is 0 Å². The number of nitrogens with one attached hydrogen (secondary N) is 1. The van der Waals surface area contributed by atoms with Gasteiger partial charge < -0.3 is 5.32 Å². The Bertz CT molecular complexity index is 600. The van der Waals surface area contributed by atoms with E-state index in [0.717, 1.165) is 31.7 Å². The highest BCUT2D eigenvalue weighted by atomic mass is 79.9. The van der Waals surface area contributed by atoms with E-state index in [1.807, 2.05) is 6.07 Å². The van der Waals surface area contributed by atoms with Gasteiger partial charge in [-0.05, 0) is 90.1 Å². The van der Waals surface area contributed by atoms with E-state index >= 15 is 0 Å². The summed E-state index contributed by atoms with van der Waals surface area (Å²) in [7, 11) is 0. The monoisotopic (exact) mass is 483 g/mol. The molecule has 0 saturated carbocycles. The van der Waals surface area contributed by atoms with E-state index in [1.54, 1.807) is 23.5 Å². The molecule has 0 bridgehead atoms. The summed E-state index contributed by atoms with van der Waals surface area (Å²) >= 11 is 11.9. The van der Waals surface area contributed by atoms with E-state index in [9.17, 15) is 4.39 Å². The summed E-state index contributed by atoms with van der Waals surface area (Å²) < 4.78 is 16.4. The maximum atomic E-state index is 13.8. The highest BCUT2D eigenvalue weighted by molar-refractivity contribution is 9.12. The van der Waals surface area contributed by atoms with Gasteiger partial charge in [0.05, 0.1) is 18.1 Å². The van der Waals surface area contributed by atoms with Gasteiger partial charge in [0.25, 0.3) is 0 Å². The topological polar surface area (TPSA) is 12.0 Å². The van der Waals surface area contributed by atoms with Gasteiger partial charge in [-0.2, -0.15) is 0 Å². The van der Waals surface area contributed by atoms with E-state index in [-0.39, 0.29) is 11.9 Å². The Morgan fingerprint density at radius 1 is 1.25 bits per heavy atom. The molecule has 1 aromatic heterocycles. The van der Waals surface area contributed by atoms with Gasteiger partial charge in [0.2, 0.25) is 0 Å². The van der Waals surface area contributed by atoms with Crippen LogP contribution < -0.4 is 5.32 Å². The second kappa shape index (κ2) is 7.49. The van der Waals surface area contributed by atoms with Crippen molar-refractivity contribution in [2.24, 2.45) is 0 Å². The molecule has 0 aliphatic heterocycles. The molecule has 2 aromatic rings. The van der Waals surface area contributed by atoms with Crippen molar-refractivity contribution < 1.29 is 4.39 Å². The van der Waals surface area contributed by atoms with Gasteiger partial charge in [0, 0.05) is 0 Å². The minimum Gasteiger partial charge on any atom is -0.306 e. The summed E-state index contributed by atoms with van der Waals surface area (Å²) in [6.45, 7) is 2.99. The molecule has 108 valence electrons. The molecule has 0 aliphatic rings. The third-order valence-corrected chi connectivity index (χ3v) is 5.90. The fourth-order valence-electron chi connectivity index (χ4n) is 1.94. The molecule has 6 heteroatoms. The van der Waals surface area contributed by atoms with Crippen molar-refractivity contribution in [3.8, 4) is 0 Å². The van der Waals surface area contributed by atoms with Crippen molar-refractivity contribution in [3.63, 3.8) is 0 Å². The highest BCUT2D eigenvalue weighted by Gasteiger charge is 2.19. The van der Waals surface area contributed by atoms with Gasteiger partial charge in [-0.1, -0.05) is 13.0 Å². The zero-order valence-electron chi connectivity index (χ0n) is 10.7. The summed E-state index contributed by atoms with van der Waals surface area (Å²) in [5.74, 6) is -0.240. The normalized spacial score (nSPS) is 12.7. The fourth-order valence-corrected chi connectivity index (χ4v) is 5.09. The lowest BCUT2D eigenvalue weighted by atomic mass is 10.0. The molecule has 2 rings (SSSR count). The molecule has 0 fully saturated rings. The molecule has 0 saturated heterocycles. The average Bonchev–Trinajstić information content (AvgIpc) is 2.73. The standard InChI is InChI=1S/C14H13Br3FNS/c1-2-5-19-13(9-7-12(16)20-14(9)17)8-3-4-10(15)11(18)6-8/h3-4,6-7,13,19H,2,5H2,1H3. The van der Waals surface area contributed by atoms with Crippen molar-refractivity contribution in [3.05, 3.63) is 53.3 Å². The molecule has 1 heterocycles. The summed E-state index contributed by atoms with van der Waals surface area (Å²) in [6, 6.07) is 7.32. The van der Waals surface area contributed by atoms with Gasteiger partial charge in [0.15, 0.2) is 0 Å². The first-order valence-electron chi connectivity index (χ1n) is 6.16. The van der Waals surface area contributed by atoms with Crippen molar-refractivity contribution >= 4 is 59.1 Å². The minimum atomic E-state index is -0.240. The van der Waals surface area contributed by atoms with Crippen LogP contribution in [0, 0.1) is 5.82 Å². The molecule has 1 aromatic carbocycles. The first kappa shape index (κ1) is 16.6. The number of rotatable bonds is 5. The van der Waals surface area contributed by atoms with E-state index in [4.69, 9.17) is 0 Å². The van der Waals surface area contributed by atoms with Crippen molar-refractivity contribution in [1.29, 1.82) is 0 Å². The van der Waals surface area contributed by atoms with E-state index in [0.29, 0.717) is 4.47 Å². The molecular weight excluding hydrogens is 473 g/mol. The maximum absolute atomic E-state index is 13.8. The Morgan fingerprint density at radius 3 is 2.55 bits per heavy atom. The summed E-state index contributed by atoms with van der Waals surface area (Å²) in [4.78, 5) is 0. The van der Waals surface area contributed by atoms with Crippen LogP contribution in [0.4, 0.5) is 4.39 Å². The number of benzene rings is 1. The maximum Gasteiger partial charge on any atom is 0.137 e. The van der Waals surface area contributed by atoms with Gasteiger partial charge in [0.1, 0.15) is 5.82 Å². The van der Waals surface area contributed by atoms with Crippen LogP contribution in [0.25, 0.3) is 0 Å². The molecule has 0 radical (unpaired) electrons. The molecule has 0 spiro atoms. The van der Waals surface area contributed by atoms with E-state index in [2.05, 4.69) is 66.1 Å². The lowest BCUT2D eigenvalue weighted by Gasteiger charge is -2.19. The Morgan fingerprint density at radius 2 is 2.00 bits per heavy atom. The molecule has 1 N–H and O–H groups in total. The average molecular weight is 486 g/mol. The smallest absolute Gasteiger partial charge is 0.137 e. The fraction of sp³-hybridized carbons (Fsp3) is 0.286. The number of halogens is 4. The second-order valence-corrected chi connectivity index (χ2v) is 8.94. The molecular formula is C14H13Br3FNS. The number of hydrogen-bond acceptors (Lipinski definition) is 2. The summed E-state index contributed by atoms with van der Waals surface area (Å²) in [5, 5.41) is 3.48. The van der Waals surface area contributed by atoms with E-state index < -0.39 is 0 Å². The molecule has 1 unspecified atom stereocenters. The van der Waals surface area contributed by atoms with Gasteiger partial charge in [-0.25, -0.2) is 4.39 Å². The Labute approximate surface area is 147 Å². The van der Waals surface area contributed by atoms with Crippen LogP contribution in [0.5, 0.6) is 0 Å². The number of hydrogen-bond donors (Lipinski definition) is 1. The van der Waals surface area contributed by atoms with Gasteiger partial charge in [-0.15, -0.1) is 11.3 Å². The lowest BCUT2D eigenvalue weighted by Crippen LogP contribution is -2.23. The molecule has 0 aliphatic carbocycles. The third-order valence-electron chi connectivity index (χ3n) is 2.87. The van der Waals surface area contributed by atoms with Crippen molar-refractivity contribution in [2.45, 2.75) is 19.4 Å². The summed E-state index contributed by atoms with van der Waals surface area (Å²) in [5.41, 5.74) is 2.04. The first-order chi connectivity index (χ1) is 9.52. The van der Waals surface area contributed by atoms with Crippen LogP contribution in [0.2, 0.25) is 0 Å². The van der Waals surface area contributed by atoms with Gasteiger partial charge in [-0.3, -0.25) is 0 Å². The van der Waals surface area contributed by atoms with Crippen LogP contribution in [0.15, 0.2) is 36.3 Å². The van der Waals surface area contributed by atoms with Crippen LogP contribution in [-0.2, 0) is 0 Å². The summed E-state index contributed by atoms with van der Waals surface area (Å²) in [6.07, 6.45) is 1.03. The van der Waals surface area contributed by atoms with Gasteiger partial charge >= 0.3 is 0 Å². The quantitative estimate of drug-likeness (QED) is 0.526. The zero-order valence-corrected chi connectivity index (χ0v) is 16.3. The Hall–Kier alpha value is 0.250. The van der Waals surface area contributed by atoms with Crippen LogP contribution in [0.3, 0.4) is 0 Å². The minimum absolute atomic E-state index is 0.0190. The molecule has 0 amide bonds. The predicted octanol–water partition coefficient (Wildman–Crippen LogP) is 6.26. The second-order valence-electron chi connectivity index (χ2n) is 4.34. The number of thiophene rings is 1. The molecule has 1 atom stereocenters. The molecule has 20 heavy (non-hydrogen) atoms. The van der Waals surface area contributed by atoms with Crippen LogP contribution >= 0.6 is 59.1 Å². The SMILES string of the molecule is CCCNC(c1ccc(Br)c(F)c1)c1cc(Br)sc1Br. The third kappa shape index (κ3) is 3.91. The van der Waals surface area contributed by atoms with Crippen LogP contribution in [-0.4, -0.2) is 6.54 Å². The largest absolute Gasteiger partial charge is 0.306 e. The van der Waals surface area contributed by atoms with Crippen molar-refractivity contribution in [1.82, 2.24) is 5.32 Å². The molecule has 1 nitrogen and oxygen atoms in total. The van der Waals surface area contributed by atoms with Crippen molar-refractivity contribution in [2.75, 3.05) is 6.54 Å². The van der Waals surface area contributed by atoms with Crippen LogP contribution in [0.1, 0.15) is 30.5 Å². The first-order valence-corrected chi connectivity index (χ1v) is 9.35. The lowest BCUT2D eigenvalue weighted by molar-refractivity contribution is 0.583. The highest BCUT2D eigenvalue weighted by Crippen LogP contribution is 2.38. The Balaban J connectivity index is 2.41.